The number of nitrogens with one attached hydrogen (secondary N) is 1. The number of thioether (sulfide) groups is 1. The van der Waals surface area contributed by atoms with Crippen LogP contribution in [0.2, 0.25) is 0 Å². The zero-order valence-corrected chi connectivity index (χ0v) is 13.9. The quantitative estimate of drug-likeness (QED) is 0.832. The molecular formula is C18H16N2O3S. The average Bonchev–Trinajstić information content (AvgIpc) is 3.20. The summed E-state index contributed by atoms with van der Waals surface area (Å²) in [6, 6.07) is 11.1. The van der Waals surface area contributed by atoms with Crippen LogP contribution in [0.25, 0.3) is 6.08 Å². The standard InChI is InChI=1S/C18H16N2O3S/c1-2-22-15-10-8-13(9-11-15)19-18-20-17(21)16(24-18)7-3-5-14-6-4-12-23-14/h3-12H,2H2,1H3,(H,19,20,21)/b5-3+,16-7+. The van der Waals surface area contributed by atoms with E-state index in [4.69, 9.17) is 9.15 Å². The molecule has 0 bridgehead atoms. The van der Waals surface area contributed by atoms with Gasteiger partial charge in [0.15, 0.2) is 5.17 Å². The summed E-state index contributed by atoms with van der Waals surface area (Å²) in [5.41, 5.74) is 0.758. The Balaban J connectivity index is 1.67. The highest BCUT2D eigenvalue weighted by Crippen LogP contribution is 2.27. The molecule has 1 aromatic heterocycles. The van der Waals surface area contributed by atoms with Gasteiger partial charge in [-0.3, -0.25) is 4.79 Å². The van der Waals surface area contributed by atoms with Crippen molar-refractivity contribution in [2.75, 3.05) is 6.61 Å². The van der Waals surface area contributed by atoms with Crippen LogP contribution in [0, 0.1) is 0 Å². The Morgan fingerprint density at radius 1 is 1.29 bits per heavy atom. The highest BCUT2D eigenvalue weighted by atomic mass is 32.2. The Hall–Kier alpha value is -2.73. The van der Waals surface area contributed by atoms with Crippen molar-refractivity contribution >= 4 is 34.6 Å². The third kappa shape index (κ3) is 4.17. The summed E-state index contributed by atoms with van der Waals surface area (Å²) in [6.45, 7) is 2.56. The van der Waals surface area contributed by atoms with Crippen molar-refractivity contribution in [2.24, 2.45) is 4.99 Å². The highest BCUT2D eigenvalue weighted by molar-refractivity contribution is 8.18. The fraction of sp³-hybridized carbons (Fsp3) is 0.111. The Morgan fingerprint density at radius 3 is 2.83 bits per heavy atom. The molecule has 122 valence electrons. The van der Waals surface area contributed by atoms with Gasteiger partial charge in [-0.1, -0.05) is 6.08 Å². The maximum atomic E-state index is 11.9. The number of hydrogen-bond acceptors (Lipinski definition) is 5. The number of benzene rings is 1. The Morgan fingerprint density at radius 2 is 2.12 bits per heavy atom. The molecule has 0 spiro atoms. The van der Waals surface area contributed by atoms with Crippen molar-refractivity contribution in [1.29, 1.82) is 0 Å². The van der Waals surface area contributed by atoms with Gasteiger partial charge in [0.05, 0.1) is 23.5 Å². The number of allylic oxidation sites excluding steroid dienone is 2. The van der Waals surface area contributed by atoms with Crippen molar-refractivity contribution in [1.82, 2.24) is 5.32 Å². The van der Waals surface area contributed by atoms with E-state index < -0.39 is 0 Å². The van der Waals surface area contributed by atoms with Crippen LogP contribution in [0.5, 0.6) is 5.75 Å². The van der Waals surface area contributed by atoms with Crippen LogP contribution in [0.1, 0.15) is 12.7 Å². The van der Waals surface area contributed by atoms with Crippen LogP contribution in [0.15, 0.2) is 69.1 Å². The normalized spacial score (nSPS) is 17.8. The smallest absolute Gasteiger partial charge is 0.264 e. The highest BCUT2D eigenvalue weighted by Gasteiger charge is 2.23. The van der Waals surface area contributed by atoms with Crippen molar-refractivity contribution in [3.63, 3.8) is 0 Å². The molecule has 24 heavy (non-hydrogen) atoms. The van der Waals surface area contributed by atoms with Crippen LogP contribution in [-0.4, -0.2) is 17.7 Å². The van der Waals surface area contributed by atoms with Crippen molar-refractivity contribution in [3.05, 3.63) is 65.5 Å². The second kappa shape index (κ2) is 7.70. The van der Waals surface area contributed by atoms with E-state index >= 15 is 0 Å². The molecule has 0 saturated carbocycles. The molecule has 1 aliphatic heterocycles. The Labute approximate surface area is 144 Å². The second-order valence-electron chi connectivity index (χ2n) is 4.81. The van der Waals surface area contributed by atoms with Crippen LogP contribution in [-0.2, 0) is 4.79 Å². The van der Waals surface area contributed by atoms with Gasteiger partial charge < -0.3 is 14.5 Å². The van der Waals surface area contributed by atoms with Crippen molar-refractivity contribution < 1.29 is 13.9 Å². The van der Waals surface area contributed by atoms with E-state index in [1.807, 2.05) is 43.3 Å². The van der Waals surface area contributed by atoms with E-state index in [0.29, 0.717) is 16.7 Å². The van der Waals surface area contributed by atoms with E-state index in [9.17, 15) is 4.79 Å². The molecule has 3 rings (SSSR count). The Bertz CT molecular complexity index is 790. The fourth-order valence-corrected chi connectivity index (χ4v) is 2.81. The van der Waals surface area contributed by atoms with Gasteiger partial charge in [-0.05, 0) is 67.2 Å². The number of amidine groups is 1. The molecule has 1 N–H and O–H groups in total. The third-order valence-electron chi connectivity index (χ3n) is 3.08. The molecule has 1 aromatic carbocycles. The number of hydrogen-bond donors (Lipinski definition) is 1. The van der Waals surface area contributed by atoms with E-state index in [-0.39, 0.29) is 5.91 Å². The number of nitrogens with zero attached hydrogens (tertiary/aromatic N) is 1. The van der Waals surface area contributed by atoms with Crippen LogP contribution >= 0.6 is 11.8 Å². The summed E-state index contributed by atoms with van der Waals surface area (Å²) < 4.78 is 10.6. The molecule has 1 aliphatic rings. The summed E-state index contributed by atoms with van der Waals surface area (Å²) in [5.74, 6) is 1.38. The summed E-state index contributed by atoms with van der Waals surface area (Å²) in [7, 11) is 0. The molecule has 1 saturated heterocycles. The van der Waals surface area contributed by atoms with Gasteiger partial charge in [0, 0.05) is 0 Å². The van der Waals surface area contributed by atoms with Gasteiger partial charge in [0.2, 0.25) is 0 Å². The first-order valence-electron chi connectivity index (χ1n) is 7.47. The molecule has 2 aromatic rings. The zero-order valence-electron chi connectivity index (χ0n) is 13.1. The number of rotatable bonds is 5. The minimum Gasteiger partial charge on any atom is -0.494 e. The first-order chi connectivity index (χ1) is 11.7. The second-order valence-corrected chi connectivity index (χ2v) is 5.84. The number of carbonyl (C=O) groups is 1. The number of aliphatic imine (C=N–C) groups is 1. The van der Waals surface area contributed by atoms with Crippen LogP contribution < -0.4 is 10.1 Å². The molecular weight excluding hydrogens is 324 g/mol. The lowest BCUT2D eigenvalue weighted by molar-refractivity contribution is -0.115. The van der Waals surface area contributed by atoms with Gasteiger partial charge >= 0.3 is 0 Å². The average molecular weight is 340 g/mol. The molecule has 6 heteroatoms. The third-order valence-corrected chi connectivity index (χ3v) is 4.01. The van der Waals surface area contributed by atoms with Gasteiger partial charge in [0.25, 0.3) is 5.91 Å². The van der Waals surface area contributed by atoms with E-state index in [1.165, 1.54) is 11.8 Å². The fourth-order valence-electron chi connectivity index (χ4n) is 2.01. The van der Waals surface area contributed by atoms with Crippen molar-refractivity contribution in [3.8, 4) is 5.75 Å². The maximum absolute atomic E-state index is 11.9. The molecule has 0 radical (unpaired) electrons. The topological polar surface area (TPSA) is 63.8 Å². The van der Waals surface area contributed by atoms with Crippen LogP contribution in [0.3, 0.4) is 0 Å². The van der Waals surface area contributed by atoms with Gasteiger partial charge in [-0.25, -0.2) is 4.99 Å². The number of amides is 1. The maximum Gasteiger partial charge on any atom is 0.264 e. The minimum atomic E-state index is -0.159. The predicted octanol–water partition coefficient (Wildman–Crippen LogP) is 4.13. The molecule has 1 amide bonds. The van der Waals surface area contributed by atoms with E-state index in [2.05, 4.69) is 10.3 Å². The van der Waals surface area contributed by atoms with Crippen LogP contribution in [0.4, 0.5) is 5.69 Å². The number of carbonyl (C=O) groups excluding carboxylic acids is 1. The summed E-state index contributed by atoms with van der Waals surface area (Å²) in [5, 5.41) is 3.31. The minimum absolute atomic E-state index is 0.159. The largest absolute Gasteiger partial charge is 0.494 e. The number of ether oxygens (including phenoxy) is 1. The molecule has 0 aliphatic carbocycles. The lowest BCUT2D eigenvalue weighted by Crippen LogP contribution is -2.19. The van der Waals surface area contributed by atoms with Gasteiger partial charge in [-0.2, -0.15) is 0 Å². The van der Waals surface area contributed by atoms with Gasteiger partial charge in [0.1, 0.15) is 11.5 Å². The molecule has 0 atom stereocenters. The lowest BCUT2D eigenvalue weighted by atomic mass is 10.3. The first-order valence-corrected chi connectivity index (χ1v) is 8.29. The summed E-state index contributed by atoms with van der Waals surface area (Å²) in [4.78, 5) is 17.0. The van der Waals surface area contributed by atoms with Gasteiger partial charge in [-0.15, -0.1) is 0 Å². The van der Waals surface area contributed by atoms with E-state index in [1.54, 1.807) is 24.5 Å². The molecule has 1 fully saturated rings. The monoisotopic (exact) mass is 340 g/mol. The summed E-state index contributed by atoms with van der Waals surface area (Å²) in [6.07, 6.45) is 6.91. The Kier molecular flexibility index (Phi) is 5.18. The molecule has 5 nitrogen and oxygen atoms in total. The lowest BCUT2D eigenvalue weighted by Gasteiger charge is -2.02. The molecule has 0 unspecified atom stereocenters. The van der Waals surface area contributed by atoms with E-state index in [0.717, 1.165) is 17.2 Å². The zero-order chi connectivity index (χ0) is 16.8. The molecule has 2 heterocycles. The predicted molar refractivity (Wildman–Crippen MR) is 96.3 cm³/mol. The first kappa shape index (κ1) is 16.1. The van der Waals surface area contributed by atoms with Crippen molar-refractivity contribution in [2.45, 2.75) is 6.92 Å². The SMILES string of the molecule is CCOc1ccc(N=C2NC(=O)/C(=C\C=C\c3ccco3)S2)cc1. The number of furan rings is 1. The summed E-state index contributed by atoms with van der Waals surface area (Å²) >= 11 is 1.30.